The lowest BCUT2D eigenvalue weighted by Gasteiger charge is -2.34. The van der Waals surface area contributed by atoms with Gasteiger partial charge in [-0.15, -0.1) is 0 Å². The summed E-state index contributed by atoms with van der Waals surface area (Å²) in [5.41, 5.74) is 2.37. The second-order valence-corrected chi connectivity index (χ2v) is 7.10. The molecular formula is C21H25FN6. The Kier molecular flexibility index (Phi) is 5.92. The first-order valence-corrected chi connectivity index (χ1v) is 9.81. The lowest BCUT2D eigenvalue weighted by Crippen LogP contribution is -2.47. The first kappa shape index (κ1) is 18.6. The van der Waals surface area contributed by atoms with Crippen molar-refractivity contribution >= 4 is 5.95 Å². The minimum Gasteiger partial charge on any atom is -0.338 e. The van der Waals surface area contributed by atoms with Crippen molar-refractivity contribution in [3.63, 3.8) is 0 Å². The molecule has 0 amide bonds. The van der Waals surface area contributed by atoms with Gasteiger partial charge in [-0.25, -0.2) is 14.4 Å². The summed E-state index contributed by atoms with van der Waals surface area (Å²) in [6.45, 7) is 5.76. The normalized spacial score (nSPS) is 15.1. The summed E-state index contributed by atoms with van der Waals surface area (Å²) in [6, 6.07) is 10.3. The fourth-order valence-corrected chi connectivity index (χ4v) is 3.51. The number of hydrogen-bond donors (Lipinski definition) is 0. The minimum absolute atomic E-state index is 0.393. The smallest absolute Gasteiger partial charge is 0.225 e. The maximum absolute atomic E-state index is 12.9. The molecule has 6 nitrogen and oxygen atoms in total. The zero-order chi connectivity index (χ0) is 19.2. The molecule has 0 unspecified atom stereocenters. The largest absolute Gasteiger partial charge is 0.338 e. The van der Waals surface area contributed by atoms with Gasteiger partial charge in [0, 0.05) is 44.5 Å². The van der Waals surface area contributed by atoms with Gasteiger partial charge in [0.25, 0.3) is 0 Å². The third-order valence-electron chi connectivity index (χ3n) is 5.11. The molecule has 1 fully saturated rings. The summed E-state index contributed by atoms with van der Waals surface area (Å²) in [6.07, 6.45) is 8.77. The molecule has 1 aliphatic rings. The Morgan fingerprint density at radius 1 is 0.821 bits per heavy atom. The van der Waals surface area contributed by atoms with Crippen molar-refractivity contribution in [3.05, 3.63) is 60.9 Å². The van der Waals surface area contributed by atoms with E-state index in [1.165, 1.54) is 23.5 Å². The maximum Gasteiger partial charge on any atom is 0.225 e. The number of piperazine rings is 1. The van der Waals surface area contributed by atoms with E-state index in [1.54, 1.807) is 0 Å². The second kappa shape index (κ2) is 8.93. The highest BCUT2D eigenvalue weighted by atomic mass is 19.1. The molecule has 0 atom stereocenters. The van der Waals surface area contributed by atoms with Crippen LogP contribution in [0.1, 0.15) is 12.8 Å². The lowest BCUT2D eigenvalue weighted by atomic mass is 10.1. The Morgan fingerprint density at radius 2 is 1.54 bits per heavy atom. The van der Waals surface area contributed by atoms with Crippen LogP contribution in [0.25, 0.3) is 11.1 Å². The molecule has 1 aromatic carbocycles. The molecular weight excluding hydrogens is 355 g/mol. The summed E-state index contributed by atoms with van der Waals surface area (Å²) < 4.78 is 15.0. The van der Waals surface area contributed by atoms with Gasteiger partial charge in [0.05, 0.1) is 18.6 Å². The van der Waals surface area contributed by atoms with E-state index in [0.717, 1.165) is 52.1 Å². The lowest BCUT2D eigenvalue weighted by molar-refractivity contribution is 0.249. The van der Waals surface area contributed by atoms with Gasteiger partial charge >= 0.3 is 0 Å². The van der Waals surface area contributed by atoms with E-state index in [2.05, 4.69) is 55.3 Å². The predicted molar refractivity (Wildman–Crippen MR) is 108 cm³/mol. The first-order valence-electron chi connectivity index (χ1n) is 9.81. The van der Waals surface area contributed by atoms with E-state index < -0.39 is 5.82 Å². The second-order valence-electron chi connectivity index (χ2n) is 7.10. The van der Waals surface area contributed by atoms with Crippen molar-refractivity contribution in [1.82, 2.24) is 24.6 Å². The van der Waals surface area contributed by atoms with Gasteiger partial charge in [-0.3, -0.25) is 9.58 Å². The summed E-state index contributed by atoms with van der Waals surface area (Å²) in [5.74, 6) is 0.226. The highest BCUT2D eigenvalue weighted by Gasteiger charge is 2.18. The topological polar surface area (TPSA) is 50.1 Å². The molecule has 2 aromatic heterocycles. The Balaban J connectivity index is 1.17. The molecule has 1 saturated heterocycles. The molecule has 3 aromatic rings. The van der Waals surface area contributed by atoms with E-state index >= 15 is 0 Å². The molecule has 0 radical (unpaired) electrons. The van der Waals surface area contributed by atoms with E-state index in [4.69, 9.17) is 0 Å². The van der Waals surface area contributed by atoms with Crippen LogP contribution < -0.4 is 4.90 Å². The Morgan fingerprint density at radius 3 is 2.29 bits per heavy atom. The van der Waals surface area contributed by atoms with Crippen LogP contribution in [0.5, 0.6) is 0 Å². The number of rotatable bonds is 7. The minimum atomic E-state index is -0.393. The van der Waals surface area contributed by atoms with Gasteiger partial charge in [0.2, 0.25) is 5.95 Å². The van der Waals surface area contributed by atoms with Crippen molar-refractivity contribution in [2.45, 2.75) is 19.4 Å². The van der Waals surface area contributed by atoms with Crippen LogP contribution in [-0.4, -0.2) is 57.4 Å². The van der Waals surface area contributed by atoms with Crippen molar-refractivity contribution in [2.75, 3.05) is 37.6 Å². The third kappa shape index (κ3) is 4.72. The number of benzene rings is 1. The predicted octanol–water partition coefficient (Wildman–Crippen LogP) is 3.08. The summed E-state index contributed by atoms with van der Waals surface area (Å²) in [4.78, 5) is 12.7. The van der Waals surface area contributed by atoms with Crippen LogP contribution in [0.15, 0.2) is 55.1 Å². The molecule has 0 N–H and O–H groups in total. The van der Waals surface area contributed by atoms with Crippen molar-refractivity contribution < 1.29 is 4.39 Å². The molecule has 28 heavy (non-hydrogen) atoms. The van der Waals surface area contributed by atoms with Gasteiger partial charge in [-0.2, -0.15) is 5.10 Å². The maximum atomic E-state index is 12.9. The van der Waals surface area contributed by atoms with Gasteiger partial charge < -0.3 is 4.90 Å². The fraction of sp³-hybridized carbons (Fsp3) is 0.381. The van der Waals surface area contributed by atoms with Crippen molar-refractivity contribution in [3.8, 4) is 11.1 Å². The zero-order valence-electron chi connectivity index (χ0n) is 15.9. The average Bonchev–Trinajstić information content (AvgIpc) is 3.22. The summed E-state index contributed by atoms with van der Waals surface area (Å²) in [5, 5.41) is 4.48. The van der Waals surface area contributed by atoms with Crippen molar-refractivity contribution in [2.24, 2.45) is 0 Å². The molecule has 1 aliphatic heterocycles. The molecule has 0 bridgehead atoms. The quantitative estimate of drug-likeness (QED) is 0.590. The number of nitrogens with zero attached hydrogens (tertiary/aromatic N) is 6. The highest BCUT2D eigenvalue weighted by molar-refractivity contribution is 5.61. The molecule has 0 spiro atoms. The number of hydrogen-bond acceptors (Lipinski definition) is 5. The number of aromatic nitrogens is 4. The SMILES string of the molecule is Fc1cnc(N2CCN(CCCCn3cc(-c4ccccc4)cn3)CC2)nc1. The monoisotopic (exact) mass is 380 g/mol. The van der Waals surface area contributed by atoms with Crippen LogP contribution in [0.3, 0.4) is 0 Å². The van der Waals surface area contributed by atoms with Crippen LogP contribution in [-0.2, 0) is 6.54 Å². The summed E-state index contributed by atoms with van der Waals surface area (Å²) in [7, 11) is 0. The highest BCUT2D eigenvalue weighted by Crippen LogP contribution is 2.18. The van der Waals surface area contributed by atoms with Crippen LogP contribution >= 0.6 is 0 Å². The van der Waals surface area contributed by atoms with Crippen LogP contribution in [0, 0.1) is 5.82 Å². The van der Waals surface area contributed by atoms with E-state index in [0.29, 0.717) is 5.95 Å². The average molecular weight is 380 g/mol. The zero-order valence-corrected chi connectivity index (χ0v) is 15.9. The van der Waals surface area contributed by atoms with Crippen molar-refractivity contribution in [1.29, 1.82) is 0 Å². The van der Waals surface area contributed by atoms with Gasteiger partial charge in [0.1, 0.15) is 0 Å². The standard InChI is InChI=1S/C21H25FN6/c22-20-15-23-21(24-16-20)27-12-10-26(11-13-27)8-4-5-9-28-17-19(14-25-28)18-6-2-1-3-7-18/h1-3,6-7,14-17H,4-5,8-13H2. The van der Waals surface area contributed by atoms with Crippen LogP contribution in [0.2, 0.25) is 0 Å². The molecule has 0 saturated carbocycles. The Bertz CT molecular complexity index is 856. The van der Waals surface area contributed by atoms with Gasteiger partial charge in [-0.1, -0.05) is 30.3 Å². The summed E-state index contributed by atoms with van der Waals surface area (Å²) >= 11 is 0. The van der Waals surface area contributed by atoms with E-state index in [-0.39, 0.29) is 0 Å². The Hall–Kier alpha value is -2.80. The number of unbranched alkanes of at least 4 members (excludes halogenated alkanes) is 1. The molecule has 4 rings (SSSR count). The van der Waals surface area contributed by atoms with Gasteiger partial charge in [0.15, 0.2) is 5.82 Å². The number of halogens is 1. The number of aryl methyl sites for hydroxylation is 1. The van der Waals surface area contributed by atoms with Crippen LogP contribution in [0.4, 0.5) is 10.3 Å². The molecule has 7 heteroatoms. The van der Waals surface area contributed by atoms with E-state index in [9.17, 15) is 4.39 Å². The first-order chi connectivity index (χ1) is 13.8. The molecule has 0 aliphatic carbocycles. The molecule has 146 valence electrons. The molecule has 3 heterocycles. The third-order valence-corrected chi connectivity index (χ3v) is 5.11. The van der Waals surface area contributed by atoms with Gasteiger partial charge in [-0.05, 0) is 24.9 Å². The Labute approximate surface area is 164 Å². The fourth-order valence-electron chi connectivity index (χ4n) is 3.51. The van der Waals surface area contributed by atoms with E-state index in [1.807, 2.05) is 16.9 Å². The number of anilines is 1.